The van der Waals surface area contributed by atoms with Crippen LogP contribution in [0.4, 0.5) is 16.2 Å². The Hall–Kier alpha value is -4.71. The lowest BCUT2D eigenvalue weighted by Crippen LogP contribution is -2.37. The molecular formula is C25H24N4O7S. The highest BCUT2D eigenvalue weighted by Gasteiger charge is 2.19. The van der Waals surface area contributed by atoms with Gasteiger partial charge in [-0.05, 0) is 43.3 Å². The molecule has 0 heterocycles. The van der Waals surface area contributed by atoms with Crippen molar-refractivity contribution in [2.24, 2.45) is 4.99 Å². The van der Waals surface area contributed by atoms with E-state index in [9.17, 15) is 22.8 Å². The van der Waals surface area contributed by atoms with Gasteiger partial charge in [-0.15, -0.1) is 0 Å². The Labute approximate surface area is 213 Å². The van der Waals surface area contributed by atoms with Crippen LogP contribution in [0.2, 0.25) is 0 Å². The SMILES string of the molecule is CCOC(=O)N/C(=N\C(=O)c1ccccc1)Nc1cc(OS(=O)(=O)c2ccccc2)ccc1NC(C)=O. The molecule has 3 aromatic carbocycles. The van der Waals surface area contributed by atoms with Crippen LogP contribution in [0.5, 0.6) is 5.75 Å². The van der Waals surface area contributed by atoms with Gasteiger partial charge in [-0.1, -0.05) is 36.4 Å². The molecule has 3 rings (SSSR count). The fourth-order valence-corrected chi connectivity index (χ4v) is 3.91. The van der Waals surface area contributed by atoms with E-state index in [1.54, 1.807) is 55.5 Å². The Kier molecular flexibility index (Phi) is 8.95. The van der Waals surface area contributed by atoms with Crippen molar-refractivity contribution in [1.82, 2.24) is 5.32 Å². The van der Waals surface area contributed by atoms with Crippen molar-refractivity contribution < 1.29 is 31.7 Å². The molecule has 0 aliphatic rings. The molecule has 0 bridgehead atoms. The van der Waals surface area contributed by atoms with Gasteiger partial charge in [-0.25, -0.2) is 4.79 Å². The third kappa shape index (κ3) is 7.90. The average Bonchev–Trinajstić information content (AvgIpc) is 2.86. The molecule has 3 aromatic rings. The Balaban J connectivity index is 1.98. The van der Waals surface area contributed by atoms with Crippen molar-refractivity contribution in [3.05, 3.63) is 84.4 Å². The number of anilines is 2. The average molecular weight is 525 g/mol. The van der Waals surface area contributed by atoms with Crippen LogP contribution in [0.15, 0.2) is 88.8 Å². The standard InChI is InChI=1S/C25H24N4O7S/c1-3-35-25(32)29-24(28-23(31)18-10-6-4-7-11-18)27-22-16-19(14-15-21(22)26-17(2)30)36-37(33,34)20-12-8-5-9-13-20/h4-16H,3H2,1-2H3,(H,26,30)(H2,27,28,29,31,32). The van der Waals surface area contributed by atoms with Gasteiger partial charge in [0.25, 0.3) is 5.91 Å². The van der Waals surface area contributed by atoms with E-state index in [4.69, 9.17) is 8.92 Å². The minimum atomic E-state index is -4.17. The summed E-state index contributed by atoms with van der Waals surface area (Å²) in [4.78, 5) is 40.4. The predicted octanol–water partition coefficient (Wildman–Crippen LogP) is 3.77. The molecular weight excluding hydrogens is 500 g/mol. The molecule has 12 heteroatoms. The summed E-state index contributed by atoms with van der Waals surface area (Å²) >= 11 is 0. The second kappa shape index (κ2) is 12.3. The van der Waals surface area contributed by atoms with Crippen LogP contribution in [-0.4, -0.2) is 38.9 Å². The van der Waals surface area contributed by atoms with E-state index in [-0.39, 0.29) is 40.1 Å². The quantitative estimate of drug-likeness (QED) is 0.240. The molecule has 0 atom stereocenters. The van der Waals surface area contributed by atoms with E-state index in [0.717, 1.165) is 0 Å². The molecule has 0 radical (unpaired) electrons. The maximum atomic E-state index is 12.7. The zero-order valence-corrected chi connectivity index (χ0v) is 20.7. The number of benzene rings is 3. The van der Waals surface area contributed by atoms with Gasteiger partial charge in [0.1, 0.15) is 10.6 Å². The number of nitrogens with zero attached hydrogens (tertiary/aromatic N) is 1. The third-order valence-electron chi connectivity index (χ3n) is 4.52. The maximum absolute atomic E-state index is 12.7. The number of rotatable bonds is 7. The Morgan fingerprint density at radius 1 is 0.865 bits per heavy atom. The molecule has 0 aliphatic carbocycles. The first kappa shape index (κ1) is 26.9. The molecule has 11 nitrogen and oxygen atoms in total. The van der Waals surface area contributed by atoms with Crippen molar-refractivity contribution in [2.75, 3.05) is 17.2 Å². The normalized spacial score (nSPS) is 11.2. The summed E-state index contributed by atoms with van der Waals surface area (Å²) in [5, 5.41) is 7.64. The predicted molar refractivity (Wildman–Crippen MR) is 137 cm³/mol. The first-order valence-electron chi connectivity index (χ1n) is 11.0. The minimum absolute atomic E-state index is 0.0591. The van der Waals surface area contributed by atoms with Gasteiger partial charge in [0, 0.05) is 18.6 Å². The summed E-state index contributed by atoms with van der Waals surface area (Å²) in [6.45, 7) is 2.93. The van der Waals surface area contributed by atoms with E-state index < -0.39 is 28.0 Å². The number of ether oxygens (including phenoxy) is 1. The molecule has 37 heavy (non-hydrogen) atoms. The van der Waals surface area contributed by atoms with Crippen molar-refractivity contribution in [1.29, 1.82) is 0 Å². The van der Waals surface area contributed by atoms with Crippen LogP contribution >= 0.6 is 0 Å². The van der Waals surface area contributed by atoms with Gasteiger partial charge in [-0.3, -0.25) is 14.9 Å². The number of amides is 3. The highest BCUT2D eigenvalue weighted by atomic mass is 32.2. The molecule has 3 amide bonds. The maximum Gasteiger partial charge on any atom is 0.413 e. The number of aliphatic imine (C=N–C) groups is 1. The van der Waals surface area contributed by atoms with Crippen LogP contribution in [-0.2, 0) is 19.6 Å². The number of alkyl carbamates (subject to hydrolysis) is 1. The lowest BCUT2D eigenvalue weighted by Gasteiger charge is -2.16. The zero-order chi connectivity index (χ0) is 26.8. The van der Waals surface area contributed by atoms with Gasteiger partial charge in [-0.2, -0.15) is 13.4 Å². The number of hydrogen-bond donors (Lipinski definition) is 3. The van der Waals surface area contributed by atoms with E-state index >= 15 is 0 Å². The lowest BCUT2D eigenvalue weighted by molar-refractivity contribution is -0.114. The highest BCUT2D eigenvalue weighted by molar-refractivity contribution is 7.87. The monoisotopic (exact) mass is 524 g/mol. The van der Waals surface area contributed by atoms with Crippen LogP contribution in [0.1, 0.15) is 24.2 Å². The fourth-order valence-electron chi connectivity index (χ4n) is 2.96. The topological polar surface area (TPSA) is 152 Å². The number of guanidine groups is 1. The summed E-state index contributed by atoms with van der Waals surface area (Å²) in [5.41, 5.74) is 0.524. The Morgan fingerprint density at radius 3 is 2.14 bits per heavy atom. The third-order valence-corrected chi connectivity index (χ3v) is 5.78. The van der Waals surface area contributed by atoms with Gasteiger partial charge < -0.3 is 19.6 Å². The second-order valence-corrected chi connectivity index (χ2v) is 8.89. The Bertz CT molecular complexity index is 1410. The van der Waals surface area contributed by atoms with E-state index in [2.05, 4.69) is 20.9 Å². The molecule has 0 saturated heterocycles. The number of nitrogens with one attached hydrogen (secondary N) is 3. The summed E-state index contributed by atoms with van der Waals surface area (Å²) in [6.07, 6.45) is -0.894. The van der Waals surface area contributed by atoms with Crippen molar-refractivity contribution in [3.63, 3.8) is 0 Å². The summed E-state index contributed by atoms with van der Waals surface area (Å²) in [5.74, 6) is -1.54. The summed E-state index contributed by atoms with van der Waals surface area (Å²) < 4.78 is 35.4. The molecule has 3 N–H and O–H groups in total. The molecule has 0 spiro atoms. The van der Waals surface area contributed by atoms with Crippen molar-refractivity contribution in [3.8, 4) is 5.75 Å². The number of carbonyl (C=O) groups excluding carboxylic acids is 3. The molecule has 0 fully saturated rings. The van der Waals surface area contributed by atoms with Crippen molar-refractivity contribution in [2.45, 2.75) is 18.7 Å². The van der Waals surface area contributed by atoms with Gasteiger partial charge in [0.05, 0.1) is 18.0 Å². The van der Waals surface area contributed by atoms with E-state index in [1.807, 2.05) is 0 Å². The van der Waals surface area contributed by atoms with Crippen LogP contribution in [0, 0.1) is 0 Å². The van der Waals surface area contributed by atoms with Crippen LogP contribution < -0.4 is 20.1 Å². The first-order chi connectivity index (χ1) is 17.7. The molecule has 0 unspecified atom stereocenters. The van der Waals surface area contributed by atoms with Gasteiger partial charge >= 0.3 is 16.2 Å². The zero-order valence-electron chi connectivity index (χ0n) is 19.9. The number of hydrogen-bond acceptors (Lipinski definition) is 7. The molecule has 192 valence electrons. The molecule has 0 saturated carbocycles. The number of carbonyl (C=O) groups is 3. The van der Waals surface area contributed by atoms with Crippen LogP contribution in [0.25, 0.3) is 0 Å². The smallest absolute Gasteiger partial charge is 0.413 e. The Morgan fingerprint density at radius 2 is 1.51 bits per heavy atom. The summed E-state index contributed by atoms with van der Waals surface area (Å²) in [6, 6.07) is 19.6. The van der Waals surface area contributed by atoms with Crippen LogP contribution in [0.3, 0.4) is 0 Å². The molecule has 0 aliphatic heterocycles. The van der Waals surface area contributed by atoms with Gasteiger partial charge in [0.15, 0.2) is 0 Å². The lowest BCUT2D eigenvalue weighted by atomic mass is 10.2. The second-order valence-electron chi connectivity index (χ2n) is 7.34. The molecule has 0 aromatic heterocycles. The minimum Gasteiger partial charge on any atom is -0.450 e. The highest BCUT2D eigenvalue weighted by Crippen LogP contribution is 2.29. The largest absolute Gasteiger partial charge is 0.450 e. The van der Waals surface area contributed by atoms with Gasteiger partial charge in [0.2, 0.25) is 11.9 Å². The van der Waals surface area contributed by atoms with E-state index in [1.165, 1.54) is 37.3 Å². The van der Waals surface area contributed by atoms with E-state index in [0.29, 0.717) is 0 Å². The first-order valence-corrected chi connectivity index (χ1v) is 12.4. The summed E-state index contributed by atoms with van der Waals surface area (Å²) in [7, 11) is -4.17. The fraction of sp³-hybridized carbons (Fsp3) is 0.120. The van der Waals surface area contributed by atoms with Crippen molar-refractivity contribution >= 4 is 45.4 Å².